The van der Waals surface area contributed by atoms with Crippen LogP contribution in [0.5, 0.6) is 5.75 Å². The van der Waals surface area contributed by atoms with Crippen molar-refractivity contribution < 1.29 is 33.4 Å². The van der Waals surface area contributed by atoms with E-state index in [2.05, 4.69) is 20.8 Å². The van der Waals surface area contributed by atoms with Crippen LogP contribution in [0.1, 0.15) is 55.6 Å². The number of nitrogens with zero attached hydrogens (tertiary/aromatic N) is 3. The van der Waals surface area contributed by atoms with E-state index in [1.54, 1.807) is 73.9 Å². The fourth-order valence-corrected chi connectivity index (χ4v) is 6.20. The molecule has 236 valence electrons. The van der Waals surface area contributed by atoms with E-state index in [0.717, 1.165) is 23.1 Å². The van der Waals surface area contributed by atoms with Gasteiger partial charge in [0.15, 0.2) is 11.0 Å². The lowest BCUT2D eigenvalue weighted by atomic mass is 10.1. The molecule has 2 amide bonds. The predicted molar refractivity (Wildman–Crippen MR) is 171 cm³/mol. The van der Waals surface area contributed by atoms with E-state index in [1.165, 1.54) is 7.11 Å². The summed E-state index contributed by atoms with van der Waals surface area (Å²) in [4.78, 5) is 51.3. The highest BCUT2D eigenvalue weighted by atomic mass is 35.5. The Bertz CT molecular complexity index is 1720. The van der Waals surface area contributed by atoms with E-state index in [0.29, 0.717) is 38.6 Å². The van der Waals surface area contributed by atoms with Crippen LogP contribution in [0.15, 0.2) is 53.7 Å². The first-order valence-corrected chi connectivity index (χ1v) is 15.9. The number of halogens is 1. The molecule has 4 rings (SSSR count). The highest BCUT2D eigenvalue weighted by molar-refractivity contribution is 7.99. The zero-order chi connectivity index (χ0) is 32.5. The molecule has 12 nitrogen and oxygen atoms in total. The molecule has 0 bridgehead atoms. The molecule has 0 aliphatic heterocycles. The standard InChI is InChI=1S/C30H30ClN5O7S2/c1-5-42-28(39)24-17(3)25(29(40)43-6-2)45-27(24)33-23(37)16-44-30-35-34-22(36(30)20-11-8-10-19(31)14-20)15-32-26(38)18-9-7-12-21(13-18)41-4/h7-14H,5-6,15-16H2,1-4H3,(H,32,38)(H,33,37). The largest absolute Gasteiger partial charge is 0.497 e. The number of aromatic nitrogens is 3. The molecule has 2 aromatic carbocycles. The van der Waals surface area contributed by atoms with Crippen LogP contribution in [0.4, 0.5) is 5.00 Å². The van der Waals surface area contributed by atoms with Crippen molar-refractivity contribution in [2.75, 3.05) is 31.4 Å². The van der Waals surface area contributed by atoms with Crippen molar-refractivity contribution in [3.8, 4) is 11.4 Å². The number of thioether (sulfide) groups is 1. The van der Waals surface area contributed by atoms with Crippen LogP contribution in [-0.2, 0) is 20.8 Å². The van der Waals surface area contributed by atoms with E-state index in [4.69, 9.17) is 25.8 Å². The fourth-order valence-electron chi connectivity index (χ4n) is 4.14. The normalized spacial score (nSPS) is 10.7. The number of carbonyl (C=O) groups excluding carboxylic acids is 4. The number of benzene rings is 2. The van der Waals surface area contributed by atoms with Crippen LogP contribution in [0.3, 0.4) is 0 Å². The lowest BCUT2D eigenvalue weighted by Crippen LogP contribution is -2.24. The van der Waals surface area contributed by atoms with Crippen molar-refractivity contribution >= 4 is 63.5 Å². The van der Waals surface area contributed by atoms with Crippen LogP contribution >= 0.6 is 34.7 Å². The van der Waals surface area contributed by atoms with Gasteiger partial charge < -0.3 is 24.8 Å². The maximum Gasteiger partial charge on any atom is 0.348 e. The summed E-state index contributed by atoms with van der Waals surface area (Å²) in [6.07, 6.45) is 0. The molecule has 2 N–H and O–H groups in total. The number of anilines is 1. The number of carbonyl (C=O) groups is 4. The highest BCUT2D eigenvalue weighted by Crippen LogP contribution is 2.35. The summed E-state index contributed by atoms with van der Waals surface area (Å²) in [6.45, 7) is 5.24. The zero-order valence-electron chi connectivity index (χ0n) is 24.8. The topological polar surface area (TPSA) is 151 Å². The van der Waals surface area contributed by atoms with E-state index < -0.39 is 17.8 Å². The Balaban J connectivity index is 1.54. The number of hydrogen-bond acceptors (Lipinski definition) is 11. The van der Waals surface area contributed by atoms with Crippen LogP contribution in [0.2, 0.25) is 5.02 Å². The molecule has 0 saturated carbocycles. The average molecular weight is 672 g/mol. The molecule has 15 heteroatoms. The Morgan fingerprint density at radius 1 is 1.00 bits per heavy atom. The Labute approximate surface area is 272 Å². The lowest BCUT2D eigenvalue weighted by Gasteiger charge is -2.12. The van der Waals surface area contributed by atoms with Crippen molar-refractivity contribution in [3.05, 3.63) is 80.9 Å². The van der Waals surface area contributed by atoms with Crippen LogP contribution in [-0.4, -0.2) is 64.6 Å². The number of hydrogen-bond donors (Lipinski definition) is 2. The molecule has 4 aromatic rings. The summed E-state index contributed by atoms with van der Waals surface area (Å²) in [5.41, 5.74) is 1.49. The molecule has 0 aliphatic rings. The van der Waals surface area contributed by atoms with Gasteiger partial charge in [0.1, 0.15) is 15.6 Å². The summed E-state index contributed by atoms with van der Waals surface area (Å²) < 4.78 is 17.2. The summed E-state index contributed by atoms with van der Waals surface area (Å²) in [5.74, 6) is -1.24. The molecule has 0 atom stereocenters. The van der Waals surface area contributed by atoms with Gasteiger partial charge in [-0.1, -0.05) is 35.5 Å². The molecule has 0 unspecified atom stereocenters. The quantitative estimate of drug-likeness (QED) is 0.141. The number of methoxy groups -OCH3 is 1. The van der Waals surface area contributed by atoms with Crippen molar-refractivity contribution in [1.29, 1.82) is 0 Å². The first-order chi connectivity index (χ1) is 21.7. The SMILES string of the molecule is CCOC(=O)c1sc(NC(=O)CSc2nnc(CNC(=O)c3cccc(OC)c3)n2-c2cccc(Cl)c2)c(C(=O)OCC)c1C. The van der Waals surface area contributed by atoms with Crippen LogP contribution < -0.4 is 15.4 Å². The minimum absolute atomic E-state index is 0.0241. The van der Waals surface area contributed by atoms with Gasteiger partial charge in [0.25, 0.3) is 5.91 Å². The first kappa shape index (κ1) is 33.5. The van der Waals surface area contributed by atoms with E-state index >= 15 is 0 Å². The summed E-state index contributed by atoms with van der Waals surface area (Å²) in [7, 11) is 1.52. The summed E-state index contributed by atoms with van der Waals surface area (Å²) >= 11 is 8.29. The second-order valence-corrected chi connectivity index (χ2v) is 11.6. The van der Waals surface area contributed by atoms with Crippen LogP contribution in [0, 0.1) is 6.92 Å². The average Bonchev–Trinajstić information content (AvgIpc) is 3.59. The number of rotatable bonds is 13. The molecule has 45 heavy (non-hydrogen) atoms. The van der Waals surface area contributed by atoms with E-state index in [-0.39, 0.29) is 46.9 Å². The van der Waals surface area contributed by atoms with Gasteiger partial charge >= 0.3 is 11.9 Å². The smallest absolute Gasteiger partial charge is 0.348 e. The molecule has 0 radical (unpaired) electrons. The highest BCUT2D eigenvalue weighted by Gasteiger charge is 2.27. The van der Waals surface area contributed by atoms with Crippen molar-refractivity contribution in [2.24, 2.45) is 0 Å². The van der Waals surface area contributed by atoms with Gasteiger partial charge in [-0.2, -0.15) is 0 Å². The third-order valence-corrected chi connectivity index (χ3v) is 8.53. The van der Waals surface area contributed by atoms with E-state index in [1.807, 2.05) is 0 Å². The van der Waals surface area contributed by atoms with Gasteiger partial charge in [0.2, 0.25) is 5.91 Å². The Morgan fingerprint density at radius 2 is 1.73 bits per heavy atom. The summed E-state index contributed by atoms with van der Waals surface area (Å²) in [5, 5.41) is 15.1. The third kappa shape index (κ3) is 8.21. The molecule has 0 fully saturated rings. The Morgan fingerprint density at radius 3 is 2.44 bits per heavy atom. The van der Waals surface area contributed by atoms with Gasteiger partial charge in [-0.25, -0.2) is 9.59 Å². The predicted octanol–water partition coefficient (Wildman–Crippen LogP) is 5.31. The second kappa shape index (κ2) is 15.5. The van der Waals surface area contributed by atoms with Crippen molar-refractivity contribution in [3.63, 3.8) is 0 Å². The number of esters is 2. The molecule has 2 aromatic heterocycles. The minimum Gasteiger partial charge on any atom is -0.497 e. The molecular formula is C30H30ClN5O7S2. The third-order valence-electron chi connectivity index (χ3n) is 6.18. The van der Waals surface area contributed by atoms with Gasteiger partial charge in [0, 0.05) is 10.6 Å². The molecular weight excluding hydrogens is 642 g/mol. The van der Waals surface area contributed by atoms with Crippen molar-refractivity contribution in [2.45, 2.75) is 32.5 Å². The van der Waals surface area contributed by atoms with Crippen molar-refractivity contribution in [1.82, 2.24) is 20.1 Å². The fraction of sp³-hybridized carbons (Fsp3) is 0.267. The number of thiophene rings is 1. The number of amides is 2. The Hall–Kier alpha value is -4.40. The second-order valence-electron chi connectivity index (χ2n) is 9.17. The molecule has 0 spiro atoms. The lowest BCUT2D eigenvalue weighted by molar-refractivity contribution is -0.113. The molecule has 0 aliphatic carbocycles. The van der Waals surface area contributed by atoms with Gasteiger partial charge in [-0.15, -0.1) is 21.5 Å². The molecule has 2 heterocycles. The maximum atomic E-state index is 13.1. The first-order valence-electron chi connectivity index (χ1n) is 13.7. The number of nitrogens with one attached hydrogen (secondary N) is 2. The minimum atomic E-state index is -0.661. The van der Waals surface area contributed by atoms with Crippen LogP contribution in [0.25, 0.3) is 5.69 Å². The van der Waals surface area contributed by atoms with Gasteiger partial charge in [-0.3, -0.25) is 14.2 Å². The van der Waals surface area contributed by atoms with Gasteiger partial charge in [0.05, 0.1) is 43.9 Å². The zero-order valence-corrected chi connectivity index (χ0v) is 27.2. The van der Waals surface area contributed by atoms with Gasteiger partial charge in [-0.05, 0) is 62.7 Å². The summed E-state index contributed by atoms with van der Waals surface area (Å²) in [6, 6.07) is 13.7. The van der Waals surface area contributed by atoms with E-state index in [9.17, 15) is 19.2 Å². The Kier molecular flexibility index (Phi) is 11.6. The molecule has 0 saturated heterocycles. The maximum absolute atomic E-state index is 13.1. The monoisotopic (exact) mass is 671 g/mol. The number of ether oxygens (including phenoxy) is 3.